The minimum Gasteiger partial charge on any atom is -0.397 e. The van der Waals surface area contributed by atoms with Crippen molar-refractivity contribution in [1.82, 2.24) is 0 Å². The number of hydrogen-bond donors (Lipinski definition) is 2. The smallest absolute Gasteiger partial charge is 0.101 e. The van der Waals surface area contributed by atoms with E-state index in [1.54, 1.807) is 6.07 Å². The van der Waals surface area contributed by atoms with E-state index >= 15 is 0 Å². The van der Waals surface area contributed by atoms with Crippen LogP contribution in [-0.4, -0.2) is 0 Å². The fourth-order valence-electron chi connectivity index (χ4n) is 1.62. The van der Waals surface area contributed by atoms with E-state index in [1.165, 1.54) is 0 Å². The zero-order chi connectivity index (χ0) is 12.3. The summed E-state index contributed by atoms with van der Waals surface area (Å²) in [5, 5.41) is 12.2. The van der Waals surface area contributed by atoms with Crippen molar-refractivity contribution in [3.63, 3.8) is 0 Å². The number of para-hydroxylation sites is 2. The van der Waals surface area contributed by atoms with Crippen LogP contribution in [0.1, 0.15) is 11.1 Å². The molecule has 0 aliphatic rings. The summed E-state index contributed by atoms with van der Waals surface area (Å²) in [6.07, 6.45) is 0. The van der Waals surface area contributed by atoms with Gasteiger partial charge in [-0.25, -0.2) is 0 Å². The van der Waals surface area contributed by atoms with Gasteiger partial charge in [0.15, 0.2) is 0 Å². The Kier molecular flexibility index (Phi) is 2.97. The predicted octanol–water partition coefficient (Wildman–Crippen LogP) is 3.19. The van der Waals surface area contributed by atoms with Gasteiger partial charge in [-0.2, -0.15) is 5.26 Å². The first kappa shape index (κ1) is 11.0. The molecule has 2 rings (SSSR count). The van der Waals surface area contributed by atoms with Gasteiger partial charge in [-0.1, -0.05) is 24.3 Å². The van der Waals surface area contributed by atoms with Crippen LogP contribution in [0.5, 0.6) is 0 Å². The molecule has 0 amide bonds. The number of nitrogens with one attached hydrogen (secondary N) is 1. The first-order valence-corrected chi connectivity index (χ1v) is 5.33. The van der Waals surface area contributed by atoms with Crippen LogP contribution >= 0.6 is 0 Å². The fourth-order valence-corrected chi connectivity index (χ4v) is 1.62. The average molecular weight is 223 g/mol. The molecule has 0 spiro atoms. The quantitative estimate of drug-likeness (QED) is 0.768. The number of rotatable bonds is 2. The molecular formula is C14H13N3. The fraction of sp³-hybridized carbons (Fsp3) is 0.0714. The monoisotopic (exact) mass is 223 g/mol. The Hall–Kier alpha value is -2.47. The van der Waals surface area contributed by atoms with Gasteiger partial charge in [0.2, 0.25) is 0 Å². The molecular weight excluding hydrogens is 210 g/mol. The second-order valence-electron chi connectivity index (χ2n) is 3.82. The maximum absolute atomic E-state index is 9.00. The lowest BCUT2D eigenvalue weighted by Crippen LogP contribution is -1.99. The summed E-state index contributed by atoms with van der Waals surface area (Å²) >= 11 is 0. The van der Waals surface area contributed by atoms with E-state index in [4.69, 9.17) is 11.0 Å². The summed E-state index contributed by atoms with van der Waals surface area (Å²) in [6, 6.07) is 15.3. The van der Waals surface area contributed by atoms with Crippen LogP contribution in [0, 0.1) is 18.3 Å². The second-order valence-corrected chi connectivity index (χ2v) is 3.82. The summed E-state index contributed by atoms with van der Waals surface area (Å²) in [7, 11) is 0. The molecule has 0 saturated heterocycles. The molecule has 17 heavy (non-hydrogen) atoms. The number of aryl methyl sites for hydroxylation is 1. The largest absolute Gasteiger partial charge is 0.397 e. The molecule has 0 heterocycles. The molecule has 2 aromatic rings. The van der Waals surface area contributed by atoms with Crippen LogP contribution in [0.2, 0.25) is 0 Å². The lowest BCUT2D eigenvalue weighted by Gasteiger charge is -2.11. The highest BCUT2D eigenvalue weighted by atomic mass is 14.9. The summed E-state index contributed by atoms with van der Waals surface area (Å²) in [5.41, 5.74) is 9.91. The van der Waals surface area contributed by atoms with Gasteiger partial charge in [-0.15, -0.1) is 0 Å². The van der Waals surface area contributed by atoms with Gasteiger partial charge in [-0.05, 0) is 30.7 Å². The van der Waals surface area contributed by atoms with Crippen LogP contribution in [0.4, 0.5) is 17.1 Å². The van der Waals surface area contributed by atoms with Crippen molar-refractivity contribution in [2.75, 3.05) is 11.1 Å². The second kappa shape index (κ2) is 4.58. The van der Waals surface area contributed by atoms with E-state index < -0.39 is 0 Å². The third-order valence-corrected chi connectivity index (χ3v) is 2.64. The Morgan fingerprint density at radius 2 is 1.76 bits per heavy atom. The number of nitrogens with two attached hydrogens (primary N) is 1. The van der Waals surface area contributed by atoms with Crippen molar-refractivity contribution < 1.29 is 0 Å². The summed E-state index contributed by atoms with van der Waals surface area (Å²) in [5.74, 6) is 0. The third kappa shape index (κ3) is 2.21. The number of anilines is 3. The first-order chi connectivity index (χ1) is 8.22. The Morgan fingerprint density at radius 1 is 1.06 bits per heavy atom. The van der Waals surface area contributed by atoms with Gasteiger partial charge < -0.3 is 11.1 Å². The highest BCUT2D eigenvalue weighted by Crippen LogP contribution is 2.27. The van der Waals surface area contributed by atoms with Gasteiger partial charge in [0, 0.05) is 0 Å². The van der Waals surface area contributed by atoms with Crippen molar-refractivity contribution in [2.45, 2.75) is 6.92 Å². The van der Waals surface area contributed by atoms with Crippen molar-refractivity contribution >= 4 is 17.1 Å². The molecule has 0 atom stereocenters. The molecule has 3 N–H and O–H groups in total. The van der Waals surface area contributed by atoms with Crippen LogP contribution in [-0.2, 0) is 0 Å². The van der Waals surface area contributed by atoms with Gasteiger partial charge in [-0.3, -0.25) is 0 Å². The molecule has 2 aromatic carbocycles. The van der Waals surface area contributed by atoms with Crippen molar-refractivity contribution in [3.8, 4) is 6.07 Å². The standard InChI is InChI=1S/C14H13N3/c1-10-5-4-8-13(14(10)16)17-12-7-3-2-6-11(12)9-15/h2-8,17H,16H2,1H3. The maximum atomic E-state index is 9.00. The van der Waals surface area contributed by atoms with Crippen molar-refractivity contribution in [2.24, 2.45) is 0 Å². The molecule has 0 unspecified atom stereocenters. The van der Waals surface area contributed by atoms with Crippen molar-refractivity contribution in [1.29, 1.82) is 5.26 Å². The molecule has 0 radical (unpaired) electrons. The molecule has 0 aliphatic carbocycles. The van der Waals surface area contributed by atoms with E-state index in [0.717, 1.165) is 16.9 Å². The van der Waals surface area contributed by atoms with Gasteiger partial charge in [0.1, 0.15) is 6.07 Å². The topological polar surface area (TPSA) is 61.8 Å². The number of nitriles is 1. The first-order valence-electron chi connectivity index (χ1n) is 5.33. The summed E-state index contributed by atoms with van der Waals surface area (Å²) < 4.78 is 0. The number of benzene rings is 2. The van der Waals surface area contributed by atoms with E-state index in [2.05, 4.69) is 11.4 Å². The normalized spacial score (nSPS) is 9.65. The highest BCUT2D eigenvalue weighted by molar-refractivity contribution is 5.77. The van der Waals surface area contributed by atoms with Crippen LogP contribution < -0.4 is 11.1 Å². The van der Waals surface area contributed by atoms with Crippen LogP contribution in [0.15, 0.2) is 42.5 Å². The molecule has 0 aromatic heterocycles. The molecule has 0 saturated carbocycles. The molecule has 0 fully saturated rings. The zero-order valence-electron chi connectivity index (χ0n) is 9.57. The van der Waals surface area contributed by atoms with E-state index in [1.807, 2.05) is 43.3 Å². The number of nitrogens with zero attached hydrogens (tertiary/aromatic N) is 1. The summed E-state index contributed by atoms with van der Waals surface area (Å²) in [4.78, 5) is 0. The average Bonchev–Trinajstić information content (AvgIpc) is 2.35. The third-order valence-electron chi connectivity index (χ3n) is 2.64. The Morgan fingerprint density at radius 3 is 2.53 bits per heavy atom. The molecule has 3 heteroatoms. The number of nitrogen functional groups attached to an aromatic ring is 1. The van der Waals surface area contributed by atoms with E-state index in [9.17, 15) is 0 Å². The van der Waals surface area contributed by atoms with E-state index in [-0.39, 0.29) is 0 Å². The Bertz CT molecular complexity index is 582. The Balaban J connectivity index is 2.39. The molecule has 3 nitrogen and oxygen atoms in total. The zero-order valence-corrected chi connectivity index (χ0v) is 9.57. The minimum absolute atomic E-state index is 0.605. The molecule has 0 bridgehead atoms. The minimum atomic E-state index is 0.605. The van der Waals surface area contributed by atoms with Crippen molar-refractivity contribution in [3.05, 3.63) is 53.6 Å². The van der Waals surface area contributed by atoms with Gasteiger partial charge in [0.05, 0.1) is 22.6 Å². The maximum Gasteiger partial charge on any atom is 0.101 e. The van der Waals surface area contributed by atoms with Gasteiger partial charge in [0.25, 0.3) is 0 Å². The van der Waals surface area contributed by atoms with Crippen LogP contribution in [0.3, 0.4) is 0 Å². The molecule has 84 valence electrons. The molecule has 0 aliphatic heterocycles. The number of hydrogen-bond acceptors (Lipinski definition) is 3. The lowest BCUT2D eigenvalue weighted by atomic mass is 10.1. The lowest BCUT2D eigenvalue weighted by molar-refractivity contribution is 1.43. The van der Waals surface area contributed by atoms with E-state index in [0.29, 0.717) is 11.3 Å². The Labute approximate surface area is 101 Å². The highest BCUT2D eigenvalue weighted by Gasteiger charge is 2.04. The predicted molar refractivity (Wildman–Crippen MR) is 70.0 cm³/mol. The SMILES string of the molecule is Cc1cccc(Nc2ccccc2C#N)c1N. The van der Waals surface area contributed by atoms with Crippen LogP contribution in [0.25, 0.3) is 0 Å². The van der Waals surface area contributed by atoms with Gasteiger partial charge >= 0.3 is 0 Å². The summed E-state index contributed by atoms with van der Waals surface area (Å²) in [6.45, 7) is 1.96.